The zero-order chi connectivity index (χ0) is 15.2. The van der Waals surface area contributed by atoms with Crippen molar-refractivity contribution in [2.24, 2.45) is 0 Å². The van der Waals surface area contributed by atoms with Gasteiger partial charge in [0.25, 0.3) is 0 Å². The Morgan fingerprint density at radius 2 is 2.09 bits per heavy atom. The normalized spacial score (nSPS) is 25.3. The van der Waals surface area contributed by atoms with Crippen molar-refractivity contribution in [3.05, 3.63) is 47.7 Å². The Kier molecular flexibility index (Phi) is 3.05. The van der Waals surface area contributed by atoms with Gasteiger partial charge in [0.15, 0.2) is 0 Å². The molecule has 4 aliphatic rings. The maximum atomic E-state index is 5.84. The van der Waals surface area contributed by atoms with Crippen LogP contribution in [0.4, 0.5) is 17.2 Å². The third-order valence-electron chi connectivity index (χ3n) is 5.42. The van der Waals surface area contributed by atoms with Gasteiger partial charge in [-0.15, -0.1) is 0 Å². The second-order valence-electron chi connectivity index (χ2n) is 6.82. The number of nitrogens with zero attached hydrogens (tertiary/aromatic N) is 2. The Hall–Kier alpha value is -2.07. The van der Waals surface area contributed by atoms with Gasteiger partial charge in [0.1, 0.15) is 5.82 Å². The lowest BCUT2D eigenvalue weighted by Gasteiger charge is -2.46. The van der Waals surface area contributed by atoms with Crippen molar-refractivity contribution >= 4 is 17.2 Å². The van der Waals surface area contributed by atoms with Crippen molar-refractivity contribution in [2.75, 3.05) is 23.4 Å². The number of morpholine rings is 1. The molecule has 0 unspecified atom stereocenters. The number of benzene rings is 1. The molecule has 2 aromatic rings. The summed E-state index contributed by atoms with van der Waals surface area (Å²) >= 11 is 0. The molecule has 6 rings (SSSR count). The smallest absolute Gasteiger partial charge is 0.133 e. The monoisotopic (exact) mass is 307 g/mol. The van der Waals surface area contributed by atoms with Crippen molar-refractivity contribution in [1.82, 2.24) is 4.98 Å². The van der Waals surface area contributed by atoms with Crippen LogP contribution in [0.1, 0.15) is 24.0 Å². The number of nitrogens with one attached hydrogen (secondary N) is 1. The fourth-order valence-corrected chi connectivity index (χ4v) is 4.10. The number of fused-ring (bicyclic) bond motifs is 5. The molecule has 3 saturated heterocycles. The van der Waals surface area contributed by atoms with Crippen LogP contribution in [0.25, 0.3) is 0 Å². The van der Waals surface area contributed by atoms with E-state index in [2.05, 4.69) is 39.5 Å². The molecule has 1 N–H and O–H groups in total. The van der Waals surface area contributed by atoms with Crippen LogP contribution in [-0.2, 0) is 17.6 Å². The highest BCUT2D eigenvalue weighted by atomic mass is 16.5. The molecule has 1 aromatic heterocycles. The quantitative estimate of drug-likeness (QED) is 0.877. The number of aryl methyl sites for hydroxylation is 2. The average molecular weight is 307 g/mol. The Morgan fingerprint density at radius 1 is 1.13 bits per heavy atom. The second-order valence-corrected chi connectivity index (χ2v) is 6.82. The first-order valence-corrected chi connectivity index (χ1v) is 8.59. The summed E-state index contributed by atoms with van der Waals surface area (Å²) in [7, 11) is 0. The second kappa shape index (κ2) is 5.24. The van der Waals surface area contributed by atoms with Crippen molar-refractivity contribution in [3.63, 3.8) is 0 Å². The minimum atomic E-state index is 0.422. The van der Waals surface area contributed by atoms with Gasteiger partial charge >= 0.3 is 0 Å². The summed E-state index contributed by atoms with van der Waals surface area (Å²) in [5.74, 6) is 1.00. The summed E-state index contributed by atoms with van der Waals surface area (Å²) in [5, 5.41) is 3.51. The molecule has 23 heavy (non-hydrogen) atoms. The summed E-state index contributed by atoms with van der Waals surface area (Å²) in [4.78, 5) is 7.03. The molecule has 0 saturated carbocycles. The first kappa shape index (κ1) is 13.4. The van der Waals surface area contributed by atoms with Gasteiger partial charge in [-0.2, -0.15) is 0 Å². The third kappa shape index (κ3) is 2.29. The Labute approximate surface area is 136 Å². The van der Waals surface area contributed by atoms with Gasteiger partial charge in [-0.1, -0.05) is 6.07 Å². The summed E-state index contributed by atoms with van der Waals surface area (Å²) < 4.78 is 5.84. The standard InChI is InChI=1S/C19H21N3O/c1-2-13-3-4-14-10-15(6-8-18(14)21-19(13)20-9-1)22-11-17-7-5-16(22)12-23-17/h1-2,6,8-10,16-17H,3-5,7,11-12H2,(H,20,21)/t16-,17-/m0/s1. The van der Waals surface area contributed by atoms with Gasteiger partial charge in [0, 0.05) is 24.1 Å². The molecule has 0 spiro atoms. The van der Waals surface area contributed by atoms with Gasteiger partial charge in [-0.25, -0.2) is 4.98 Å². The van der Waals surface area contributed by atoms with Crippen LogP contribution in [0.15, 0.2) is 36.5 Å². The van der Waals surface area contributed by atoms with E-state index in [0.717, 1.165) is 31.8 Å². The Morgan fingerprint density at radius 3 is 2.91 bits per heavy atom. The number of ether oxygens (including phenoxy) is 1. The zero-order valence-electron chi connectivity index (χ0n) is 13.2. The van der Waals surface area contributed by atoms with Gasteiger partial charge in [0.2, 0.25) is 0 Å². The first-order chi connectivity index (χ1) is 11.4. The molecule has 118 valence electrons. The van der Waals surface area contributed by atoms with Crippen LogP contribution < -0.4 is 10.2 Å². The van der Waals surface area contributed by atoms with Crippen molar-refractivity contribution in [1.29, 1.82) is 0 Å². The highest BCUT2D eigenvalue weighted by molar-refractivity contribution is 5.69. The fourth-order valence-electron chi connectivity index (χ4n) is 4.10. The lowest BCUT2D eigenvalue weighted by molar-refractivity contribution is -0.0225. The Balaban J connectivity index is 1.47. The van der Waals surface area contributed by atoms with Crippen molar-refractivity contribution in [3.8, 4) is 0 Å². The van der Waals surface area contributed by atoms with E-state index < -0.39 is 0 Å². The van der Waals surface area contributed by atoms with E-state index in [0.29, 0.717) is 12.1 Å². The molecule has 2 atom stereocenters. The van der Waals surface area contributed by atoms with Gasteiger partial charge in [-0.05, 0) is 61.1 Å². The number of pyridine rings is 1. The molecule has 0 aliphatic carbocycles. The summed E-state index contributed by atoms with van der Waals surface area (Å²) in [6.07, 6.45) is 6.86. The van der Waals surface area contributed by atoms with Crippen LogP contribution in [0.3, 0.4) is 0 Å². The molecular weight excluding hydrogens is 286 g/mol. The highest BCUT2D eigenvalue weighted by Gasteiger charge is 2.34. The summed E-state index contributed by atoms with van der Waals surface area (Å²) in [6.45, 7) is 1.92. The van der Waals surface area contributed by atoms with Gasteiger partial charge in [0.05, 0.1) is 18.8 Å². The van der Waals surface area contributed by atoms with Crippen molar-refractivity contribution < 1.29 is 4.74 Å². The number of rotatable bonds is 1. The van der Waals surface area contributed by atoms with Crippen LogP contribution in [0.5, 0.6) is 0 Å². The number of aromatic nitrogens is 1. The average Bonchev–Trinajstić information content (AvgIpc) is 2.81. The van der Waals surface area contributed by atoms with E-state index in [4.69, 9.17) is 4.74 Å². The number of hydrogen-bond donors (Lipinski definition) is 1. The number of piperidine rings is 1. The molecule has 4 aliphatic heterocycles. The predicted octanol–water partition coefficient (Wildman–Crippen LogP) is 3.29. The maximum Gasteiger partial charge on any atom is 0.133 e. The van der Waals surface area contributed by atoms with E-state index in [1.54, 1.807) is 0 Å². The van der Waals surface area contributed by atoms with E-state index >= 15 is 0 Å². The van der Waals surface area contributed by atoms with Crippen LogP contribution in [0.2, 0.25) is 0 Å². The minimum absolute atomic E-state index is 0.422. The third-order valence-corrected chi connectivity index (χ3v) is 5.42. The molecule has 1 aromatic carbocycles. The molecule has 4 nitrogen and oxygen atoms in total. The topological polar surface area (TPSA) is 37.4 Å². The molecule has 4 heteroatoms. The molecule has 3 fully saturated rings. The SMILES string of the molecule is c1cnc2c(c1)CCc1cc(N3C[C@@H]4CC[C@H]3CO4)ccc1N2. The summed E-state index contributed by atoms with van der Waals surface area (Å²) in [6, 6.07) is 11.6. The van der Waals surface area contributed by atoms with E-state index in [1.807, 2.05) is 12.3 Å². The molecule has 5 heterocycles. The van der Waals surface area contributed by atoms with E-state index in [-0.39, 0.29) is 0 Å². The van der Waals surface area contributed by atoms with Crippen LogP contribution >= 0.6 is 0 Å². The minimum Gasteiger partial charge on any atom is -0.374 e. The van der Waals surface area contributed by atoms with Crippen LogP contribution in [0, 0.1) is 0 Å². The highest BCUT2D eigenvalue weighted by Crippen LogP contribution is 2.35. The van der Waals surface area contributed by atoms with E-state index in [1.165, 1.54) is 35.3 Å². The molecular formula is C19H21N3O. The van der Waals surface area contributed by atoms with Gasteiger partial charge in [-0.3, -0.25) is 0 Å². The molecule has 0 amide bonds. The molecule has 2 bridgehead atoms. The largest absolute Gasteiger partial charge is 0.374 e. The lowest BCUT2D eigenvalue weighted by atomic mass is 9.95. The maximum absolute atomic E-state index is 5.84. The van der Waals surface area contributed by atoms with Crippen molar-refractivity contribution in [2.45, 2.75) is 37.8 Å². The predicted molar refractivity (Wildman–Crippen MR) is 91.5 cm³/mol. The van der Waals surface area contributed by atoms with E-state index in [9.17, 15) is 0 Å². The molecule has 0 radical (unpaired) electrons. The summed E-state index contributed by atoms with van der Waals surface area (Å²) in [5.41, 5.74) is 5.24. The van der Waals surface area contributed by atoms with Gasteiger partial charge < -0.3 is 15.0 Å². The van der Waals surface area contributed by atoms with Crippen LogP contribution in [-0.4, -0.2) is 30.3 Å². The number of anilines is 3. The zero-order valence-corrected chi connectivity index (χ0v) is 13.2. The first-order valence-electron chi connectivity index (χ1n) is 8.59. The Bertz CT molecular complexity index is 737. The lowest BCUT2D eigenvalue weighted by Crippen LogP contribution is -2.54. The number of hydrogen-bond acceptors (Lipinski definition) is 4. The fraction of sp³-hybridized carbons (Fsp3) is 0.421.